The smallest absolute Gasteiger partial charge is 0.240 e. The summed E-state index contributed by atoms with van der Waals surface area (Å²) < 4.78 is 0.773. The molecule has 0 aliphatic carbocycles. The third kappa shape index (κ3) is 5.51. The second kappa shape index (κ2) is 8.83. The van der Waals surface area contributed by atoms with Gasteiger partial charge in [-0.15, -0.1) is 0 Å². The highest BCUT2D eigenvalue weighted by Gasteiger charge is 2.08. The lowest BCUT2D eigenvalue weighted by Crippen LogP contribution is -2.20. The Morgan fingerprint density at radius 3 is 2.46 bits per heavy atom. The molecule has 0 aliphatic heterocycles. The number of rotatable bonds is 6. The van der Waals surface area contributed by atoms with E-state index in [9.17, 15) is 14.7 Å². The molecule has 0 radical (unpaired) electrons. The summed E-state index contributed by atoms with van der Waals surface area (Å²) in [6, 6.07) is 13.8. The van der Waals surface area contributed by atoms with E-state index in [1.165, 1.54) is 12.3 Å². The zero-order chi connectivity index (χ0) is 17.4. The molecule has 0 fully saturated rings. The zero-order valence-corrected chi connectivity index (χ0v) is 14.3. The van der Waals surface area contributed by atoms with Crippen LogP contribution in [0.1, 0.15) is 18.4 Å². The molecule has 2 amide bonds. The monoisotopic (exact) mass is 389 g/mol. The normalized spacial score (nSPS) is 10.5. The number of anilines is 1. The number of hydrazone groups is 1. The summed E-state index contributed by atoms with van der Waals surface area (Å²) in [6.07, 6.45) is 1.39. The van der Waals surface area contributed by atoms with Crippen LogP contribution < -0.4 is 10.7 Å². The van der Waals surface area contributed by atoms with E-state index in [2.05, 4.69) is 31.8 Å². The molecule has 0 saturated heterocycles. The van der Waals surface area contributed by atoms with Crippen LogP contribution in [0.15, 0.2) is 58.1 Å². The fourth-order valence-electron chi connectivity index (χ4n) is 1.83. The summed E-state index contributed by atoms with van der Waals surface area (Å²) in [5, 5.41) is 16.0. The average Bonchev–Trinajstić information content (AvgIpc) is 2.57. The SMILES string of the molecule is O=C(CCC(=O)Nc1ccccc1Br)N/N=C\c1ccccc1O. The molecule has 0 aromatic heterocycles. The largest absolute Gasteiger partial charge is 0.507 e. The van der Waals surface area contributed by atoms with Gasteiger partial charge in [-0.2, -0.15) is 5.10 Å². The number of phenols is 1. The number of benzene rings is 2. The van der Waals surface area contributed by atoms with Gasteiger partial charge in [-0.1, -0.05) is 24.3 Å². The molecule has 2 aromatic rings. The Labute approximate surface area is 147 Å². The molecule has 0 heterocycles. The maximum Gasteiger partial charge on any atom is 0.240 e. The van der Waals surface area contributed by atoms with Gasteiger partial charge in [-0.3, -0.25) is 9.59 Å². The van der Waals surface area contributed by atoms with Gasteiger partial charge in [0.1, 0.15) is 5.75 Å². The molecule has 0 unspecified atom stereocenters. The van der Waals surface area contributed by atoms with Gasteiger partial charge < -0.3 is 10.4 Å². The first-order valence-corrected chi connectivity index (χ1v) is 8.00. The number of nitrogens with one attached hydrogen (secondary N) is 2. The van der Waals surface area contributed by atoms with E-state index in [4.69, 9.17) is 0 Å². The van der Waals surface area contributed by atoms with Gasteiger partial charge in [0.2, 0.25) is 11.8 Å². The van der Waals surface area contributed by atoms with Crippen molar-refractivity contribution in [3.05, 3.63) is 58.6 Å². The van der Waals surface area contributed by atoms with Crippen molar-refractivity contribution in [3.63, 3.8) is 0 Å². The van der Waals surface area contributed by atoms with E-state index in [0.29, 0.717) is 11.3 Å². The molecule has 0 bridgehead atoms. The van der Waals surface area contributed by atoms with Crippen molar-refractivity contribution in [2.75, 3.05) is 5.32 Å². The third-order valence-electron chi connectivity index (χ3n) is 3.06. The minimum absolute atomic E-state index is 0.00833. The molecule has 7 heteroatoms. The van der Waals surface area contributed by atoms with E-state index >= 15 is 0 Å². The summed E-state index contributed by atoms with van der Waals surface area (Å²) in [7, 11) is 0. The summed E-state index contributed by atoms with van der Waals surface area (Å²) in [5.74, 6) is -0.575. The van der Waals surface area contributed by atoms with E-state index in [-0.39, 0.29) is 30.4 Å². The highest BCUT2D eigenvalue weighted by atomic mass is 79.9. The highest BCUT2D eigenvalue weighted by Crippen LogP contribution is 2.21. The number of para-hydroxylation sites is 2. The fourth-order valence-corrected chi connectivity index (χ4v) is 2.21. The van der Waals surface area contributed by atoms with Crippen molar-refractivity contribution in [1.29, 1.82) is 0 Å². The Balaban J connectivity index is 1.76. The number of aromatic hydroxyl groups is 1. The minimum Gasteiger partial charge on any atom is -0.507 e. The summed E-state index contributed by atoms with van der Waals surface area (Å²) in [4.78, 5) is 23.5. The second-order valence-electron chi connectivity index (χ2n) is 4.88. The number of hydrogen-bond donors (Lipinski definition) is 3. The molecule has 0 atom stereocenters. The Hall–Kier alpha value is -2.67. The lowest BCUT2D eigenvalue weighted by atomic mass is 10.2. The third-order valence-corrected chi connectivity index (χ3v) is 3.75. The number of nitrogens with zero attached hydrogens (tertiary/aromatic N) is 1. The highest BCUT2D eigenvalue weighted by molar-refractivity contribution is 9.10. The van der Waals surface area contributed by atoms with Gasteiger partial charge >= 0.3 is 0 Å². The van der Waals surface area contributed by atoms with Crippen LogP contribution >= 0.6 is 15.9 Å². The molecule has 0 spiro atoms. The molecule has 124 valence electrons. The van der Waals surface area contributed by atoms with E-state index < -0.39 is 0 Å². The van der Waals surface area contributed by atoms with Crippen LogP contribution in [-0.4, -0.2) is 23.1 Å². The Morgan fingerprint density at radius 2 is 1.71 bits per heavy atom. The van der Waals surface area contributed by atoms with Crippen LogP contribution in [0.5, 0.6) is 5.75 Å². The van der Waals surface area contributed by atoms with Gasteiger partial charge in [-0.25, -0.2) is 5.43 Å². The van der Waals surface area contributed by atoms with Gasteiger partial charge in [0.05, 0.1) is 11.9 Å². The Morgan fingerprint density at radius 1 is 1.04 bits per heavy atom. The van der Waals surface area contributed by atoms with E-state index in [1.54, 1.807) is 30.3 Å². The molecule has 0 saturated carbocycles. The number of carbonyl (C=O) groups is 2. The van der Waals surface area contributed by atoms with Gasteiger partial charge in [-0.05, 0) is 40.2 Å². The minimum atomic E-state index is -0.385. The standard InChI is InChI=1S/C17H16BrN3O3/c18-13-6-2-3-7-14(13)20-16(23)9-10-17(24)21-19-11-12-5-1-4-8-15(12)22/h1-8,11,22H,9-10H2,(H,20,23)(H,21,24)/b19-11-. The topological polar surface area (TPSA) is 90.8 Å². The van der Waals surface area contributed by atoms with Crippen molar-refractivity contribution < 1.29 is 14.7 Å². The summed E-state index contributed by atoms with van der Waals surface area (Å²) in [5.41, 5.74) is 3.46. The van der Waals surface area contributed by atoms with Crippen LogP contribution in [0.2, 0.25) is 0 Å². The van der Waals surface area contributed by atoms with Crippen molar-refractivity contribution in [1.82, 2.24) is 5.43 Å². The van der Waals surface area contributed by atoms with Crippen molar-refractivity contribution in [2.24, 2.45) is 5.10 Å². The number of phenolic OH excluding ortho intramolecular Hbond substituents is 1. The lowest BCUT2D eigenvalue weighted by molar-refractivity contribution is -0.124. The Bertz CT molecular complexity index is 762. The van der Waals surface area contributed by atoms with Crippen molar-refractivity contribution >= 4 is 39.6 Å². The molecule has 0 aliphatic rings. The molecular weight excluding hydrogens is 374 g/mol. The lowest BCUT2D eigenvalue weighted by Gasteiger charge is -2.06. The van der Waals surface area contributed by atoms with Crippen LogP contribution in [0.3, 0.4) is 0 Å². The molecule has 2 rings (SSSR count). The first-order chi connectivity index (χ1) is 11.6. The van der Waals surface area contributed by atoms with Crippen LogP contribution in [0.25, 0.3) is 0 Å². The predicted molar refractivity (Wildman–Crippen MR) is 95.8 cm³/mol. The quantitative estimate of drug-likeness (QED) is 0.523. The van der Waals surface area contributed by atoms with Gasteiger partial charge in [0.15, 0.2) is 0 Å². The first-order valence-electron chi connectivity index (χ1n) is 7.20. The van der Waals surface area contributed by atoms with E-state index in [1.807, 2.05) is 12.1 Å². The first kappa shape index (κ1) is 17.7. The summed E-state index contributed by atoms with van der Waals surface area (Å²) in [6.45, 7) is 0. The van der Waals surface area contributed by atoms with Crippen molar-refractivity contribution in [3.8, 4) is 5.75 Å². The van der Waals surface area contributed by atoms with Gasteiger partial charge in [0.25, 0.3) is 0 Å². The number of halogens is 1. The molecule has 6 nitrogen and oxygen atoms in total. The number of amides is 2. The predicted octanol–water partition coefficient (Wildman–Crippen LogP) is 3.02. The maximum absolute atomic E-state index is 11.8. The zero-order valence-electron chi connectivity index (χ0n) is 12.7. The Kier molecular flexibility index (Phi) is 6.51. The summed E-state index contributed by atoms with van der Waals surface area (Å²) >= 11 is 3.33. The number of hydrogen-bond acceptors (Lipinski definition) is 4. The van der Waals surface area contributed by atoms with Crippen LogP contribution in [0.4, 0.5) is 5.69 Å². The second-order valence-corrected chi connectivity index (χ2v) is 5.73. The fraction of sp³-hybridized carbons (Fsp3) is 0.118. The van der Waals surface area contributed by atoms with Gasteiger partial charge in [0, 0.05) is 22.9 Å². The molecular formula is C17H16BrN3O3. The van der Waals surface area contributed by atoms with Crippen LogP contribution in [-0.2, 0) is 9.59 Å². The van der Waals surface area contributed by atoms with Crippen molar-refractivity contribution in [2.45, 2.75) is 12.8 Å². The number of carbonyl (C=O) groups excluding carboxylic acids is 2. The molecule has 3 N–H and O–H groups in total. The molecule has 24 heavy (non-hydrogen) atoms. The van der Waals surface area contributed by atoms with Crippen LogP contribution in [0, 0.1) is 0 Å². The van der Waals surface area contributed by atoms with E-state index in [0.717, 1.165) is 4.47 Å². The average molecular weight is 390 g/mol. The maximum atomic E-state index is 11.8. The molecule has 2 aromatic carbocycles.